The quantitative estimate of drug-likeness (QED) is 0.149. The number of carbonyl (C=O) groups excluding carboxylic acids is 1. The molecule has 4 aromatic rings. The summed E-state index contributed by atoms with van der Waals surface area (Å²) in [5.41, 5.74) is 5.20. The molecule has 212 valence electrons. The molecule has 1 amide bonds. The van der Waals surface area contributed by atoms with E-state index in [-0.39, 0.29) is 24.6 Å². The molecule has 4 rings (SSSR count). The maximum Gasteiger partial charge on any atom is 0.253 e. The van der Waals surface area contributed by atoms with E-state index in [4.69, 9.17) is 21.3 Å². The van der Waals surface area contributed by atoms with Gasteiger partial charge in [-0.1, -0.05) is 53.6 Å². The number of aryl methyl sites for hydroxylation is 1. The van der Waals surface area contributed by atoms with Crippen LogP contribution in [0.15, 0.2) is 83.3 Å². The van der Waals surface area contributed by atoms with E-state index < -0.39 is 0 Å². The highest BCUT2D eigenvalue weighted by molar-refractivity contribution is 6.34. The molecule has 2 atom stereocenters. The van der Waals surface area contributed by atoms with Crippen molar-refractivity contribution in [3.63, 3.8) is 0 Å². The molecule has 0 aliphatic heterocycles. The monoisotopic (exact) mass is 569 g/mol. The smallest absolute Gasteiger partial charge is 0.253 e. The molecule has 1 heterocycles. The number of unbranched alkanes of at least 4 members (excludes halogenated alkanes) is 1. The predicted octanol–water partition coefficient (Wildman–Crippen LogP) is 7.13. The van der Waals surface area contributed by atoms with Gasteiger partial charge in [0.05, 0.1) is 28.8 Å². The van der Waals surface area contributed by atoms with Crippen molar-refractivity contribution in [2.75, 3.05) is 6.61 Å². The lowest BCUT2D eigenvalue weighted by Crippen LogP contribution is -2.36. The molecule has 41 heavy (non-hydrogen) atoms. The zero-order chi connectivity index (χ0) is 29.2. The first kappa shape index (κ1) is 30.1. The van der Waals surface area contributed by atoms with E-state index >= 15 is 0 Å². The zero-order valence-electron chi connectivity index (χ0n) is 23.5. The Morgan fingerprint density at radius 1 is 1.02 bits per heavy atom. The highest BCUT2D eigenvalue weighted by Crippen LogP contribution is 2.28. The Morgan fingerprint density at radius 3 is 2.49 bits per heavy atom. The molecule has 0 fully saturated rings. The Hall–Kier alpha value is -3.89. The van der Waals surface area contributed by atoms with Crippen molar-refractivity contribution in [1.82, 2.24) is 10.6 Å². The minimum absolute atomic E-state index is 0.108. The van der Waals surface area contributed by atoms with Crippen LogP contribution in [-0.4, -0.2) is 23.7 Å². The molecular weight excluding hydrogens is 534 g/mol. The Balaban J connectivity index is 1.43. The van der Waals surface area contributed by atoms with Crippen LogP contribution < -0.4 is 10.6 Å². The third kappa shape index (κ3) is 8.55. The van der Waals surface area contributed by atoms with Crippen LogP contribution >= 0.6 is 11.6 Å². The van der Waals surface area contributed by atoms with E-state index in [1.54, 1.807) is 24.3 Å². The van der Waals surface area contributed by atoms with Gasteiger partial charge >= 0.3 is 0 Å². The van der Waals surface area contributed by atoms with Gasteiger partial charge in [0.15, 0.2) is 0 Å². The second kappa shape index (κ2) is 14.7. The Morgan fingerprint density at radius 2 is 1.78 bits per heavy atom. The van der Waals surface area contributed by atoms with Crippen LogP contribution in [0.5, 0.6) is 0 Å². The van der Waals surface area contributed by atoms with Gasteiger partial charge in [-0.15, -0.1) is 0 Å². The fraction of sp³-hybridized carbons (Fsp3) is 0.294. The lowest BCUT2D eigenvalue weighted by atomic mass is 9.99. The minimum Gasteiger partial charge on any atom is -0.460 e. The highest BCUT2D eigenvalue weighted by Gasteiger charge is 2.18. The number of aliphatic hydroxyl groups excluding tert-OH is 1. The van der Waals surface area contributed by atoms with Gasteiger partial charge in [0.25, 0.3) is 5.91 Å². The van der Waals surface area contributed by atoms with E-state index in [0.717, 1.165) is 23.3 Å². The van der Waals surface area contributed by atoms with Crippen molar-refractivity contribution in [3.05, 3.63) is 117 Å². The number of rotatable bonds is 13. The highest BCUT2D eigenvalue weighted by atomic mass is 35.5. The number of hydrogen-bond donors (Lipinski definition) is 3. The number of halogens is 1. The predicted molar refractivity (Wildman–Crippen MR) is 163 cm³/mol. The molecule has 0 aliphatic rings. The normalized spacial score (nSPS) is 12.5. The second-order valence-corrected chi connectivity index (χ2v) is 10.8. The number of benzene rings is 3. The van der Waals surface area contributed by atoms with Crippen molar-refractivity contribution in [2.45, 2.75) is 58.2 Å². The third-order valence-corrected chi connectivity index (χ3v) is 7.51. The lowest BCUT2D eigenvalue weighted by Gasteiger charge is -2.20. The van der Waals surface area contributed by atoms with Crippen LogP contribution in [0, 0.1) is 18.3 Å². The van der Waals surface area contributed by atoms with Crippen LogP contribution in [0.25, 0.3) is 11.3 Å². The van der Waals surface area contributed by atoms with Crippen LogP contribution in [0.4, 0.5) is 0 Å². The number of carbonyl (C=O) groups is 1. The molecule has 3 aromatic carbocycles. The van der Waals surface area contributed by atoms with Gasteiger partial charge in [0, 0.05) is 24.3 Å². The first-order valence-corrected chi connectivity index (χ1v) is 14.3. The van der Waals surface area contributed by atoms with Gasteiger partial charge in [-0.3, -0.25) is 4.79 Å². The SMILES string of the molecule is Cc1ccc([C@@H](C)NCc2ccc(-c3ccc(Cl)c(C(=O)N[C@@H](CCCCO)Cc4ccc(C#N)cc4)c3)o2)cc1. The first-order chi connectivity index (χ1) is 19.9. The number of nitriles is 1. The molecule has 0 saturated carbocycles. The lowest BCUT2D eigenvalue weighted by molar-refractivity contribution is 0.0934. The molecule has 1 aromatic heterocycles. The maximum absolute atomic E-state index is 13.4. The van der Waals surface area contributed by atoms with E-state index in [0.29, 0.717) is 47.7 Å². The molecule has 0 saturated heterocycles. The van der Waals surface area contributed by atoms with Crippen molar-refractivity contribution < 1.29 is 14.3 Å². The van der Waals surface area contributed by atoms with Crippen molar-refractivity contribution in [1.29, 1.82) is 5.26 Å². The molecule has 6 nitrogen and oxygen atoms in total. The summed E-state index contributed by atoms with van der Waals surface area (Å²) in [7, 11) is 0. The summed E-state index contributed by atoms with van der Waals surface area (Å²) < 4.78 is 6.11. The van der Waals surface area contributed by atoms with Gasteiger partial charge in [0.1, 0.15) is 11.5 Å². The van der Waals surface area contributed by atoms with Crippen molar-refractivity contribution >= 4 is 17.5 Å². The number of furan rings is 1. The number of amides is 1. The molecular formula is C34H36ClN3O3. The molecule has 7 heteroatoms. The van der Waals surface area contributed by atoms with Crippen LogP contribution in [0.1, 0.15) is 70.6 Å². The summed E-state index contributed by atoms with van der Waals surface area (Å²) in [5.74, 6) is 1.19. The summed E-state index contributed by atoms with van der Waals surface area (Å²) >= 11 is 6.47. The fourth-order valence-electron chi connectivity index (χ4n) is 4.70. The topological polar surface area (TPSA) is 98.3 Å². The maximum atomic E-state index is 13.4. The summed E-state index contributed by atoms with van der Waals surface area (Å²) in [6.07, 6.45) is 2.75. The van der Waals surface area contributed by atoms with Gasteiger partial charge in [-0.25, -0.2) is 0 Å². The van der Waals surface area contributed by atoms with Gasteiger partial charge in [0.2, 0.25) is 0 Å². The van der Waals surface area contributed by atoms with Crippen molar-refractivity contribution in [2.24, 2.45) is 0 Å². The van der Waals surface area contributed by atoms with Gasteiger partial charge < -0.3 is 20.2 Å². The largest absolute Gasteiger partial charge is 0.460 e. The molecule has 0 spiro atoms. The Labute approximate surface area is 247 Å². The molecule has 0 unspecified atom stereocenters. The average molecular weight is 570 g/mol. The summed E-state index contributed by atoms with van der Waals surface area (Å²) in [6.45, 7) is 4.88. The molecule has 0 radical (unpaired) electrons. The number of nitrogens with zero attached hydrogens (tertiary/aromatic N) is 1. The van der Waals surface area contributed by atoms with Crippen LogP contribution in [0.3, 0.4) is 0 Å². The third-order valence-electron chi connectivity index (χ3n) is 7.18. The minimum atomic E-state index is -0.264. The van der Waals surface area contributed by atoms with Gasteiger partial charge in [-0.05, 0) is 93.1 Å². The van der Waals surface area contributed by atoms with E-state index in [9.17, 15) is 9.90 Å². The summed E-state index contributed by atoms with van der Waals surface area (Å²) in [4.78, 5) is 13.4. The van der Waals surface area contributed by atoms with Crippen LogP contribution in [0.2, 0.25) is 5.02 Å². The van der Waals surface area contributed by atoms with E-state index in [2.05, 4.69) is 54.8 Å². The summed E-state index contributed by atoms with van der Waals surface area (Å²) in [6, 6.07) is 27.1. The second-order valence-electron chi connectivity index (χ2n) is 10.4. The zero-order valence-corrected chi connectivity index (χ0v) is 24.2. The van der Waals surface area contributed by atoms with E-state index in [1.807, 2.05) is 30.3 Å². The average Bonchev–Trinajstić information content (AvgIpc) is 3.46. The molecule has 0 bridgehead atoms. The first-order valence-electron chi connectivity index (χ1n) is 14.0. The summed E-state index contributed by atoms with van der Waals surface area (Å²) in [5, 5.41) is 25.3. The van der Waals surface area contributed by atoms with Crippen molar-refractivity contribution in [3.8, 4) is 17.4 Å². The fourth-order valence-corrected chi connectivity index (χ4v) is 4.90. The number of aliphatic hydroxyl groups is 1. The van der Waals surface area contributed by atoms with E-state index in [1.165, 1.54) is 11.1 Å². The Bertz CT molecular complexity index is 1470. The standard InChI is InChI=1S/C34H36ClN3O3/c1-23-6-12-27(13-7-23)24(2)37-22-30-15-17-33(41-30)28-14-16-32(35)31(20-28)34(40)38-29(5-3-4-18-39)19-25-8-10-26(21-36)11-9-25/h6-17,20,24,29,37,39H,3-5,18-19,22H2,1-2H3,(H,38,40)/t24-,29+/m1/s1. The molecule has 3 N–H and O–H groups in total. The number of nitrogens with one attached hydrogen (secondary N) is 2. The number of hydrogen-bond acceptors (Lipinski definition) is 5. The molecule has 0 aliphatic carbocycles. The Kier molecular flexibility index (Phi) is 10.8. The van der Waals surface area contributed by atoms with Crippen LogP contribution in [-0.2, 0) is 13.0 Å². The van der Waals surface area contributed by atoms with Gasteiger partial charge in [-0.2, -0.15) is 5.26 Å².